The van der Waals surface area contributed by atoms with E-state index in [2.05, 4.69) is 39.6 Å². The van der Waals surface area contributed by atoms with E-state index in [0.717, 1.165) is 28.0 Å². The molecule has 28 heavy (non-hydrogen) atoms. The van der Waals surface area contributed by atoms with Gasteiger partial charge >= 0.3 is 0 Å². The maximum Gasteiger partial charge on any atom is 0.150 e. The van der Waals surface area contributed by atoms with Crippen molar-refractivity contribution in [2.24, 2.45) is 0 Å². The molecule has 4 rings (SSSR count). The summed E-state index contributed by atoms with van der Waals surface area (Å²) in [4.78, 5) is 8.09. The minimum atomic E-state index is -0.134. The van der Waals surface area contributed by atoms with E-state index in [1.165, 1.54) is 6.33 Å². The highest BCUT2D eigenvalue weighted by atomic mass is 16.5. The molecule has 0 fully saturated rings. The minimum Gasteiger partial charge on any atom is -0.488 e. The lowest BCUT2D eigenvalue weighted by molar-refractivity contribution is 0.340. The zero-order chi connectivity index (χ0) is 19.5. The number of nitrogens with one attached hydrogen (secondary N) is 1. The van der Waals surface area contributed by atoms with Crippen LogP contribution in [0.5, 0.6) is 5.75 Å². The van der Waals surface area contributed by atoms with Gasteiger partial charge in [0.15, 0.2) is 0 Å². The smallest absolute Gasteiger partial charge is 0.150 e. The van der Waals surface area contributed by atoms with Crippen molar-refractivity contribution in [3.05, 3.63) is 83.2 Å². The SMILES string of the molecule is CC(Nc1ncnc(N)c1C#N)C1=C(c2ccccc2)c2ccccc2OC1. The highest BCUT2D eigenvalue weighted by Crippen LogP contribution is 2.38. The van der Waals surface area contributed by atoms with Gasteiger partial charge in [-0.15, -0.1) is 0 Å². The van der Waals surface area contributed by atoms with Gasteiger partial charge in [-0.2, -0.15) is 5.26 Å². The fourth-order valence-corrected chi connectivity index (χ4v) is 3.40. The number of nitrogens with zero attached hydrogens (tertiary/aromatic N) is 3. The summed E-state index contributed by atoms with van der Waals surface area (Å²) in [6.45, 7) is 2.47. The van der Waals surface area contributed by atoms with Crippen molar-refractivity contribution < 1.29 is 4.74 Å². The Balaban J connectivity index is 1.81. The molecular formula is C22H19N5O. The van der Waals surface area contributed by atoms with Gasteiger partial charge in [-0.3, -0.25) is 0 Å². The van der Waals surface area contributed by atoms with E-state index in [1.54, 1.807) is 0 Å². The summed E-state index contributed by atoms with van der Waals surface area (Å²) < 4.78 is 6.01. The van der Waals surface area contributed by atoms with Crippen LogP contribution in [-0.2, 0) is 0 Å². The van der Waals surface area contributed by atoms with E-state index >= 15 is 0 Å². The van der Waals surface area contributed by atoms with Crippen molar-refractivity contribution in [1.82, 2.24) is 9.97 Å². The van der Waals surface area contributed by atoms with Crippen molar-refractivity contribution in [1.29, 1.82) is 5.26 Å². The molecule has 0 spiro atoms. The first-order valence-corrected chi connectivity index (χ1v) is 8.96. The summed E-state index contributed by atoms with van der Waals surface area (Å²) in [5.41, 5.74) is 10.4. The van der Waals surface area contributed by atoms with Crippen molar-refractivity contribution in [2.45, 2.75) is 13.0 Å². The molecule has 2 aromatic carbocycles. The predicted molar refractivity (Wildman–Crippen MR) is 109 cm³/mol. The Kier molecular flexibility index (Phi) is 4.65. The average molecular weight is 369 g/mol. The largest absolute Gasteiger partial charge is 0.488 e. The molecule has 1 aromatic heterocycles. The number of hydrogen-bond acceptors (Lipinski definition) is 6. The first-order valence-electron chi connectivity index (χ1n) is 8.96. The Morgan fingerprint density at radius 2 is 1.86 bits per heavy atom. The number of fused-ring (bicyclic) bond motifs is 1. The third kappa shape index (κ3) is 3.14. The topological polar surface area (TPSA) is 96.9 Å². The highest BCUT2D eigenvalue weighted by Gasteiger charge is 2.25. The standard InChI is InChI=1S/C22H19N5O/c1-14(27-22-17(11-23)21(24)25-13-26-22)18-12-28-19-10-6-5-9-16(19)20(18)15-7-3-2-4-8-15/h2-10,13-14H,12H2,1H3,(H3,24,25,26,27). The van der Waals surface area contributed by atoms with E-state index in [9.17, 15) is 5.26 Å². The molecule has 138 valence electrons. The van der Waals surface area contributed by atoms with E-state index < -0.39 is 0 Å². The Bertz CT molecular complexity index is 1090. The van der Waals surface area contributed by atoms with Gasteiger partial charge in [0.2, 0.25) is 0 Å². The van der Waals surface area contributed by atoms with Crippen LogP contribution in [0.3, 0.4) is 0 Å². The van der Waals surface area contributed by atoms with E-state index in [4.69, 9.17) is 10.5 Å². The number of rotatable bonds is 4. The van der Waals surface area contributed by atoms with Crippen LogP contribution in [0.1, 0.15) is 23.6 Å². The number of hydrogen-bond donors (Lipinski definition) is 2. The van der Waals surface area contributed by atoms with Gasteiger partial charge in [-0.1, -0.05) is 48.5 Å². The molecule has 0 saturated carbocycles. The fraction of sp³-hybridized carbons (Fsp3) is 0.136. The van der Waals surface area contributed by atoms with Crippen LogP contribution in [0, 0.1) is 11.3 Å². The third-order valence-electron chi connectivity index (χ3n) is 4.79. The summed E-state index contributed by atoms with van der Waals surface area (Å²) in [5.74, 6) is 1.44. The zero-order valence-corrected chi connectivity index (χ0v) is 15.4. The minimum absolute atomic E-state index is 0.134. The summed E-state index contributed by atoms with van der Waals surface area (Å²) in [7, 11) is 0. The molecular weight excluding hydrogens is 350 g/mol. The molecule has 0 saturated heterocycles. The molecule has 1 aliphatic rings. The maximum absolute atomic E-state index is 9.40. The van der Waals surface area contributed by atoms with Crippen LogP contribution in [0.2, 0.25) is 0 Å². The second-order valence-electron chi connectivity index (χ2n) is 6.51. The molecule has 3 aromatic rings. The number of ether oxygens (including phenoxy) is 1. The van der Waals surface area contributed by atoms with Crippen LogP contribution < -0.4 is 15.8 Å². The Morgan fingerprint density at radius 3 is 2.64 bits per heavy atom. The summed E-state index contributed by atoms with van der Waals surface area (Å²) in [6, 6.07) is 20.2. The fourth-order valence-electron chi connectivity index (χ4n) is 3.40. The van der Waals surface area contributed by atoms with E-state index in [0.29, 0.717) is 12.4 Å². The number of aromatic nitrogens is 2. The van der Waals surface area contributed by atoms with Gasteiger partial charge < -0.3 is 15.8 Å². The molecule has 0 aliphatic carbocycles. The molecule has 0 amide bonds. The van der Waals surface area contributed by atoms with Crippen LogP contribution in [-0.4, -0.2) is 22.6 Å². The molecule has 0 bridgehead atoms. The lowest BCUT2D eigenvalue weighted by atomic mass is 9.88. The molecule has 1 atom stereocenters. The normalized spacial score (nSPS) is 13.9. The van der Waals surface area contributed by atoms with Crippen LogP contribution in [0.15, 0.2) is 66.5 Å². The van der Waals surface area contributed by atoms with E-state index in [-0.39, 0.29) is 17.4 Å². The van der Waals surface area contributed by atoms with Gasteiger partial charge in [-0.25, -0.2) is 9.97 Å². The van der Waals surface area contributed by atoms with Crippen LogP contribution in [0.4, 0.5) is 11.6 Å². The number of anilines is 2. The van der Waals surface area contributed by atoms with Crippen LogP contribution in [0.25, 0.3) is 5.57 Å². The second kappa shape index (κ2) is 7.41. The van der Waals surface area contributed by atoms with Gasteiger partial charge in [0, 0.05) is 5.56 Å². The Morgan fingerprint density at radius 1 is 1.11 bits per heavy atom. The Hall–Kier alpha value is -3.85. The lowest BCUT2D eigenvalue weighted by Gasteiger charge is -2.29. The number of nitrogen functional groups attached to an aromatic ring is 1. The number of para-hydroxylation sites is 1. The quantitative estimate of drug-likeness (QED) is 0.729. The summed E-state index contributed by atoms with van der Waals surface area (Å²) in [5, 5.41) is 12.7. The van der Waals surface area contributed by atoms with Crippen molar-refractivity contribution in [2.75, 3.05) is 17.7 Å². The van der Waals surface area contributed by atoms with Crippen molar-refractivity contribution in [3.8, 4) is 11.8 Å². The van der Waals surface area contributed by atoms with Gasteiger partial charge in [0.1, 0.15) is 42.0 Å². The molecule has 0 radical (unpaired) electrons. The van der Waals surface area contributed by atoms with Gasteiger partial charge in [0.25, 0.3) is 0 Å². The monoisotopic (exact) mass is 369 g/mol. The number of nitrogens with two attached hydrogens (primary N) is 1. The molecule has 6 heteroatoms. The maximum atomic E-state index is 9.40. The number of benzene rings is 2. The van der Waals surface area contributed by atoms with E-state index in [1.807, 2.05) is 43.3 Å². The molecule has 2 heterocycles. The second-order valence-corrected chi connectivity index (χ2v) is 6.51. The predicted octanol–water partition coefficient (Wildman–Crippen LogP) is 3.63. The molecule has 6 nitrogen and oxygen atoms in total. The van der Waals surface area contributed by atoms with Crippen LogP contribution >= 0.6 is 0 Å². The summed E-state index contributed by atoms with van der Waals surface area (Å²) >= 11 is 0. The molecule has 1 aliphatic heterocycles. The highest BCUT2D eigenvalue weighted by molar-refractivity contribution is 5.87. The molecule has 1 unspecified atom stereocenters. The van der Waals surface area contributed by atoms with Gasteiger partial charge in [-0.05, 0) is 29.7 Å². The lowest BCUT2D eigenvalue weighted by Crippen LogP contribution is -2.27. The van der Waals surface area contributed by atoms with Gasteiger partial charge in [0.05, 0.1) is 6.04 Å². The Labute approximate surface area is 163 Å². The zero-order valence-electron chi connectivity index (χ0n) is 15.4. The molecule has 3 N–H and O–H groups in total. The summed E-state index contributed by atoms with van der Waals surface area (Å²) in [6.07, 6.45) is 1.35. The third-order valence-corrected chi connectivity index (χ3v) is 4.79. The first-order chi connectivity index (χ1) is 13.7. The number of nitriles is 1. The van der Waals surface area contributed by atoms with Crippen molar-refractivity contribution in [3.63, 3.8) is 0 Å². The van der Waals surface area contributed by atoms with Crippen molar-refractivity contribution >= 4 is 17.2 Å². The average Bonchev–Trinajstić information content (AvgIpc) is 2.73. The first kappa shape index (κ1) is 17.6.